The maximum atomic E-state index is 10.8. The van der Waals surface area contributed by atoms with Gasteiger partial charge in [0.2, 0.25) is 0 Å². The van der Waals surface area contributed by atoms with E-state index in [0.29, 0.717) is 5.13 Å². The van der Waals surface area contributed by atoms with Crippen molar-refractivity contribution in [2.45, 2.75) is 0 Å². The van der Waals surface area contributed by atoms with Crippen LogP contribution in [0.4, 0.5) is 16.5 Å². The van der Waals surface area contributed by atoms with Crippen molar-refractivity contribution in [3.63, 3.8) is 0 Å². The molecule has 0 atom stereocenters. The molecule has 3 rings (SSSR count). The Morgan fingerprint density at radius 2 is 2.00 bits per heavy atom. The van der Waals surface area contributed by atoms with Crippen LogP contribution in [0.25, 0.3) is 0 Å². The molecule has 1 fully saturated rings. The fourth-order valence-corrected chi connectivity index (χ4v) is 2.83. The van der Waals surface area contributed by atoms with E-state index in [1.807, 2.05) is 24.3 Å². The van der Waals surface area contributed by atoms with Gasteiger partial charge < -0.3 is 20.1 Å². The topological polar surface area (TPSA) is 74.7 Å². The van der Waals surface area contributed by atoms with Crippen LogP contribution in [0.1, 0.15) is 10.5 Å². The predicted octanol–water partition coefficient (Wildman–Crippen LogP) is 2.42. The minimum absolute atomic E-state index is 0.0624. The minimum atomic E-state index is -1.01. The first kappa shape index (κ1) is 13.8. The molecule has 110 valence electrons. The van der Waals surface area contributed by atoms with Gasteiger partial charge in [-0.1, -0.05) is 0 Å². The van der Waals surface area contributed by atoms with Crippen LogP contribution in [-0.2, 0) is 4.74 Å². The molecule has 1 aliphatic rings. The molecular formula is C14H15N3O3S. The van der Waals surface area contributed by atoms with E-state index in [2.05, 4.69) is 15.2 Å². The summed E-state index contributed by atoms with van der Waals surface area (Å²) in [5.74, 6) is -1.01. The highest BCUT2D eigenvalue weighted by Crippen LogP contribution is 2.24. The average molecular weight is 305 g/mol. The highest BCUT2D eigenvalue weighted by Gasteiger charge is 2.11. The van der Waals surface area contributed by atoms with Gasteiger partial charge in [0.15, 0.2) is 10.8 Å². The van der Waals surface area contributed by atoms with Crippen molar-refractivity contribution in [3.05, 3.63) is 35.3 Å². The van der Waals surface area contributed by atoms with Crippen LogP contribution >= 0.6 is 11.3 Å². The van der Waals surface area contributed by atoms with Crippen LogP contribution < -0.4 is 10.2 Å². The number of thiazole rings is 1. The summed E-state index contributed by atoms with van der Waals surface area (Å²) in [7, 11) is 0. The third-order valence-electron chi connectivity index (χ3n) is 3.22. The predicted molar refractivity (Wildman–Crippen MR) is 81.8 cm³/mol. The first-order valence-corrected chi connectivity index (χ1v) is 7.49. The molecule has 1 saturated heterocycles. The molecule has 0 spiro atoms. The van der Waals surface area contributed by atoms with Gasteiger partial charge in [0, 0.05) is 29.8 Å². The molecule has 0 saturated carbocycles. The van der Waals surface area contributed by atoms with Crippen molar-refractivity contribution in [3.8, 4) is 0 Å². The molecule has 0 unspecified atom stereocenters. The number of hydrogen-bond acceptors (Lipinski definition) is 6. The lowest BCUT2D eigenvalue weighted by Crippen LogP contribution is -2.36. The molecule has 2 heterocycles. The van der Waals surface area contributed by atoms with Gasteiger partial charge >= 0.3 is 5.97 Å². The molecule has 1 aliphatic heterocycles. The molecule has 21 heavy (non-hydrogen) atoms. The number of benzene rings is 1. The van der Waals surface area contributed by atoms with E-state index in [-0.39, 0.29) is 5.69 Å². The van der Waals surface area contributed by atoms with E-state index in [1.165, 1.54) is 16.7 Å². The smallest absolute Gasteiger partial charge is 0.355 e. The molecule has 0 amide bonds. The second kappa shape index (κ2) is 6.11. The van der Waals surface area contributed by atoms with Gasteiger partial charge in [-0.15, -0.1) is 11.3 Å². The average Bonchev–Trinajstić information content (AvgIpc) is 2.98. The van der Waals surface area contributed by atoms with Crippen molar-refractivity contribution in [1.82, 2.24) is 4.98 Å². The number of hydrogen-bond donors (Lipinski definition) is 2. The quantitative estimate of drug-likeness (QED) is 0.903. The fourth-order valence-electron chi connectivity index (χ4n) is 2.13. The summed E-state index contributed by atoms with van der Waals surface area (Å²) < 4.78 is 5.34. The standard InChI is InChI=1S/C14H15N3O3S/c18-13(19)12-9-21-14(16-12)15-10-1-3-11(4-2-10)17-5-7-20-8-6-17/h1-4,9H,5-8H2,(H,15,16)(H,18,19). The number of aromatic nitrogens is 1. The van der Waals surface area contributed by atoms with Crippen molar-refractivity contribution in [2.24, 2.45) is 0 Å². The number of aromatic carboxylic acids is 1. The number of anilines is 3. The van der Waals surface area contributed by atoms with Crippen LogP contribution in [0.15, 0.2) is 29.6 Å². The van der Waals surface area contributed by atoms with Crippen molar-refractivity contribution in [2.75, 3.05) is 36.5 Å². The van der Waals surface area contributed by atoms with Gasteiger partial charge in [-0.2, -0.15) is 0 Å². The number of nitrogens with one attached hydrogen (secondary N) is 1. The Morgan fingerprint density at radius 3 is 2.62 bits per heavy atom. The SMILES string of the molecule is O=C(O)c1csc(Nc2ccc(N3CCOCC3)cc2)n1. The van der Waals surface area contributed by atoms with Gasteiger partial charge in [0.25, 0.3) is 0 Å². The van der Waals surface area contributed by atoms with E-state index in [4.69, 9.17) is 9.84 Å². The largest absolute Gasteiger partial charge is 0.476 e. The Kier molecular flexibility index (Phi) is 4.03. The number of rotatable bonds is 4. The Labute approximate surface area is 126 Å². The minimum Gasteiger partial charge on any atom is -0.476 e. The Balaban J connectivity index is 1.67. The zero-order valence-corrected chi connectivity index (χ0v) is 12.1. The first-order valence-electron chi connectivity index (χ1n) is 6.61. The third kappa shape index (κ3) is 3.32. The fraction of sp³-hybridized carbons (Fsp3) is 0.286. The second-order valence-corrected chi connectivity index (χ2v) is 5.47. The van der Waals surface area contributed by atoms with Crippen LogP contribution in [0.2, 0.25) is 0 Å². The van der Waals surface area contributed by atoms with Crippen LogP contribution in [-0.4, -0.2) is 42.4 Å². The summed E-state index contributed by atoms with van der Waals surface area (Å²) in [5.41, 5.74) is 2.11. The van der Waals surface area contributed by atoms with E-state index < -0.39 is 5.97 Å². The molecule has 0 aliphatic carbocycles. The Morgan fingerprint density at radius 1 is 1.29 bits per heavy atom. The zero-order valence-electron chi connectivity index (χ0n) is 11.3. The first-order chi connectivity index (χ1) is 10.2. The summed E-state index contributed by atoms with van der Waals surface area (Å²) >= 11 is 1.27. The number of carboxylic acid groups (broad SMARTS) is 1. The summed E-state index contributed by atoms with van der Waals surface area (Å²) in [6, 6.07) is 8.01. The van der Waals surface area contributed by atoms with E-state index in [0.717, 1.165) is 37.7 Å². The number of carbonyl (C=O) groups is 1. The highest BCUT2D eigenvalue weighted by molar-refractivity contribution is 7.14. The summed E-state index contributed by atoms with van der Waals surface area (Å²) in [4.78, 5) is 17.1. The molecule has 7 heteroatoms. The van der Waals surface area contributed by atoms with Gasteiger partial charge in [-0.25, -0.2) is 9.78 Å². The number of nitrogens with zero attached hydrogens (tertiary/aromatic N) is 2. The maximum Gasteiger partial charge on any atom is 0.355 e. The molecule has 0 radical (unpaired) electrons. The zero-order chi connectivity index (χ0) is 14.7. The van der Waals surface area contributed by atoms with E-state index in [9.17, 15) is 4.79 Å². The Bertz CT molecular complexity index is 621. The van der Waals surface area contributed by atoms with Crippen LogP contribution in [0.5, 0.6) is 0 Å². The number of morpholine rings is 1. The third-order valence-corrected chi connectivity index (χ3v) is 3.98. The van der Waals surface area contributed by atoms with E-state index in [1.54, 1.807) is 0 Å². The van der Waals surface area contributed by atoms with Gasteiger partial charge in [-0.05, 0) is 24.3 Å². The number of ether oxygens (including phenoxy) is 1. The lowest BCUT2D eigenvalue weighted by Gasteiger charge is -2.28. The molecule has 1 aromatic heterocycles. The van der Waals surface area contributed by atoms with Gasteiger partial charge in [0.05, 0.1) is 13.2 Å². The van der Waals surface area contributed by atoms with Crippen molar-refractivity contribution in [1.29, 1.82) is 0 Å². The number of carboxylic acids is 1. The molecule has 0 bridgehead atoms. The molecule has 6 nitrogen and oxygen atoms in total. The summed E-state index contributed by atoms with van der Waals surface area (Å²) in [6.07, 6.45) is 0. The van der Waals surface area contributed by atoms with Crippen molar-refractivity contribution >= 4 is 33.8 Å². The monoisotopic (exact) mass is 305 g/mol. The molecule has 2 N–H and O–H groups in total. The highest BCUT2D eigenvalue weighted by atomic mass is 32.1. The Hall–Kier alpha value is -2.12. The lowest BCUT2D eigenvalue weighted by molar-refractivity contribution is 0.0691. The lowest BCUT2D eigenvalue weighted by atomic mass is 10.2. The van der Waals surface area contributed by atoms with Crippen LogP contribution in [0, 0.1) is 0 Å². The second-order valence-electron chi connectivity index (χ2n) is 4.61. The van der Waals surface area contributed by atoms with Crippen molar-refractivity contribution < 1.29 is 14.6 Å². The van der Waals surface area contributed by atoms with E-state index >= 15 is 0 Å². The molecular weight excluding hydrogens is 290 g/mol. The normalized spacial score (nSPS) is 15.0. The maximum absolute atomic E-state index is 10.8. The van der Waals surface area contributed by atoms with Gasteiger partial charge in [0.1, 0.15) is 0 Å². The molecule has 2 aromatic rings. The van der Waals surface area contributed by atoms with Crippen LogP contribution in [0.3, 0.4) is 0 Å². The van der Waals surface area contributed by atoms with Gasteiger partial charge in [-0.3, -0.25) is 0 Å². The molecule has 1 aromatic carbocycles. The summed E-state index contributed by atoms with van der Waals surface area (Å²) in [5, 5.41) is 14.1. The summed E-state index contributed by atoms with van der Waals surface area (Å²) in [6.45, 7) is 3.33.